The van der Waals surface area contributed by atoms with E-state index >= 15 is 0 Å². The van der Waals surface area contributed by atoms with Gasteiger partial charge in [-0.1, -0.05) is 23.5 Å². The second kappa shape index (κ2) is 8.16. The molecule has 7 nitrogen and oxygen atoms in total. The quantitative estimate of drug-likeness (QED) is 0.578. The molecule has 0 unspecified atom stereocenters. The van der Waals surface area contributed by atoms with Gasteiger partial charge in [-0.15, -0.1) is 11.3 Å². The number of aryl methyl sites for hydroxylation is 1. The highest BCUT2D eigenvalue weighted by molar-refractivity contribution is 7.91. The molecule has 2 fully saturated rings. The number of benzene rings is 1. The molecule has 2 saturated heterocycles. The number of amides is 1. The SMILES string of the molecule is Cc1ccc2nc(N3CCN(C(=O)[C@@H]4CCCN4S(=O)(=O)c4cccs4)CC3)sc2c1. The van der Waals surface area contributed by atoms with Gasteiger partial charge in [-0.25, -0.2) is 13.4 Å². The average Bonchev–Trinajstić information content (AvgIpc) is 3.53. The van der Waals surface area contributed by atoms with Crippen molar-refractivity contribution in [3.8, 4) is 0 Å². The van der Waals surface area contributed by atoms with E-state index in [0.29, 0.717) is 49.8 Å². The zero-order valence-electron chi connectivity index (χ0n) is 17.2. The number of carbonyl (C=O) groups excluding carboxylic acids is 1. The lowest BCUT2D eigenvalue weighted by Gasteiger charge is -2.37. The molecule has 0 bridgehead atoms. The molecule has 1 aromatic carbocycles. The highest BCUT2D eigenvalue weighted by atomic mass is 32.2. The molecule has 0 saturated carbocycles. The monoisotopic (exact) mass is 476 g/mol. The van der Waals surface area contributed by atoms with Crippen molar-refractivity contribution in [3.05, 3.63) is 41.3 Å². The highest BCUT2D eigenvalue weighted by Gasteiger charge is 2.42. The number of aromatic nitrogens is 1. The van der Waals surface area contributed by atoms with Gasteiger partial charge in [-0.2, -0.15) is 4.31 Å². The predicted octanol–water partition coefficient (Wildman–Crippen LogP) is 3.17. The van der Waals surface area contributed by atoms with Crippen LogP contribution >= 0.6 is 22.7 Å². The van der Waals surface area contributed by atoms with E-state index in [1.807, 2.05) is 11.0 Å². The standard InChI is InChI=1S/C21H24N4O3S3/c1-15-6-7-16-18(14-15)30-21(22-16)24-11-9-23(10-12-24)20(26)17-4-2-8-25(17)31(27,28)19-5-3-13-29-19/h3,5-7,13-14,17H,2,4,8-12H2,1H3/t17-/m0/s1. The number of anilines is 1. The first-order valence-electron chi connectivity index (χ1n) is 10.4. The van der Waals surface area contributed by atoms with Gasteiger partial charge < -0.3 is 9.80 Å². The molecular formula is C21H24N4O3S3. The summed E-state index contributed by atoms with van der Waals surface area (Å²) in [7, 11) is -3.61. The molecule has 5 rings (SSSR count). The van der Waals surface area contributed by atoms with Crippen molar-refractivity contribution in [3.63, 3.8) is 0 Å². The predicted molar refractivity (Wildman–Crippen MR) is 124 cm³/mol. The maximum Gasteiger partial charge on any atom is 0.253 e. The summed E-state index contributed by atoms with van der Waals surface area (Å²) >= 11 is 2.88. The zero-order chi connectivity index (χ0) is 21.6. The Hall–Kier alpha value is -2.01. The molecule has 2 aromatic heterocycles. The van der Waals surface area contributed by atoms with E-state index in [-0.39, 0.29) is 5.91 Å². The van der Waals surface area contributed by atoms with Gasteiger partial charge in [0.25, 0.3) is 10.0 Å². The number of piperazine rings is 1. The van der Waals surface area contributed by atoms with Crippen LogP contribution in [0.5, 0.6) is 0 Å². The van der Waals surface area contributed by atoms with Gasteiger partial charge in [0.05, 0.1) is 10.2 Å². The number of hydrogen-bond acceptors (Lipinski definition) is 7. The van der Waals surface area contributed by atoms with Crippen LogP contribution in [0.2, 0.25) is 0 Å². The number of hydrogen-bond donors (Lipinski definition) is 0. The molecule has 10 heteroatoms. The van der Waals surface area contributed by atoms with Crippen molar-refractivity contribution in [2.24, 2.45) is 0 Å². The fourth-order valence-electron chi connectivity index (χ4n) is 4.28. The van der Waals surface area contributed by atoms with Crippen molar-refractivity contribution < 1.29 is 13.2 Å². The molecule has 2 aliphatic heterocycles. The Labute approximate surface area is 190 Å². The van der Waals surface area contributed by atoms with Crippen LogP contribution in [-0.2, 0) is 14.8 Å². The summed E-state index contributed by atoms with van der Waals surface area (Å²) in [6.45, 7) is 5.05. The Bertz CT molecular complexity index is 1200. The smallest absolute Gasteiger partial charge is 0.253 e. The maximum absolute atomic E-state index is 13.2. The lowest BCUT2D eigenvalue weighted by Crippen LogP contribution is -2.54. The minimum absolute atomic E-state index is 0.0720. The molecular weight excluding hydrogens is 452 g/mol. The summed E-state index contributed by atoms with van der Waals surface area (Å²) in [5.41, 5.74) is 2.22. The molecule has 0 spiro atoms. The maximum atomic E-state index is 13.2. The molecule has 0 aliphatic carbocycles. The summed E-state index contributed by atoms with van der Waals surface area (Å²) < 4.78 is 28.9. The first kappa shape index (κ1) is 20.9. The molecule has 3 aromatic rings. The Morgan fingerprint density at radius 2 is 1.94 bits per heavy atom. The minimum Gasteiger partial charge on any atom is -0.345 e. The Balaban J connectivity index is 1.27. The summed E-state index contributed by atoms with van der Waals surface area (Å²) in [5, 5.41) is 2.73. The van der Waals surface area contributed by atoms with E-state index < -0.39 is 16.1 Å². The summed E-state index contributed by atoms with van der Waals surface area (Å²) in [4.78, 5) is 22.0. The molecule has 0 N–H and O–H groups in total. The van der Waals surface area contributed by atoms with Crippen molar-refractivity contribution in [1.29, 1.82) is 0 Å². The second-order valence-corrected chi connectivity index (χ2v) is 12.1. The largest absolute Gasteiger partial charge is 0.345 e. The van der Waals surface area contributed by atoms with Crippen molar-refractivity contribution >= 4 is 54.0 Å². The molecule has 31 heavy (non-hydrogen) atoms. The van der Waals surface area contributed by atoms with Gasteiger partial charge in [-0.05, 0) is 48.9 Å². The van der Waals surface area contributed by atoms with Crippen LogP contribution in [0, 0.1) is 6.92 Å². The van der Waals surface area contributed by atoms with E-state index in [1.54, 1.807) is 28.8 Å². The van der Waals surface area contributed by atoms with Crippen molar-refractivity contribution in [2.45, 2.75) is 30.0 Å². The molecule has 2 aliphatic rings. The van der Waals surface area contributed by atoms with E-state index in [9.17, 15) is 13.2 Å². The van der Waals surface area contributed by atoms with Crippen LogP contribution in [-0.4, -0.2) is 67.3 Å². The highest BCUT2D eigenvalue weighted by Crippen LogP contribution is 2.32. The van der Waals surface area contributed by atoms with Gasteiger partial charge in [-0.3, -0.25) is 4.79 Å². The number of rotatable bonds is 4. The van der Waals surface area contributed by atoms with E-state index in [4.69, 9.17) is 4.98 Å². The Morgan fingerprint density at radius 3 is 2.68 bits per heavy atom. The zero-order valence-corrected chi connectivity index (χ0v) is 19.7. The van der Waals surface area contributed by atoms with Crippen LogP contribution in [0.25, 0.3) is 10.2 Å². The second-order valence-electron chi connectivity index (χ2n) is 7.99. The van der Waals surface area contributed by atoms with Crippen LogP contribution in [0.15, 0.2) is 39.9 Å². The number of thiophene rings is 1. The molecule has 1 atom stereocenters. The third kappa shape index (κ3) is 3.86. The third-order valence-corrected chi connectivity index (χ3v) is 10.3. The van der Waals surface area contributed by atoms with Gasteiger partial charge in [0.2, 0.25) is 5.91 Å². The van der Waals surface area contributed by atoms with E-state index in [1.165, 1.54) is 25.9 Å². The van der Waals surface area contributed by atoms with E-state index in [0.717, 1.165) is 10.6 Å². The summed E-state index contributed by atoms with van der Waals surface area (Å²) in [5.74, 6) is -0.0720. The fraction of sp³-hybridized carbons (Fsp3) is 0.429. The number of fused-ring (bicyclic) bond motifs is 1. The normalized spacial score (nSPS) is 20.6. The summed E-state index contributed by atoms with van der Waals surface area (Å²) in [6, 6.07) is 9.02. The van der Waals surface area contributed by atoms with Gasteiger partial charge >= 0.3 is 0 Å². The number of thiazole rings is 1. The van der Waals surface area contributed by atoms with Gasteiger partial charge in [0.15, 0.2) is 5.13 Å². The summed E-state index contributed by atoms with van der Waals surface area (Å²) in [6.07, 6.45) is 1.30. The number of nitrogens with zero attached hydrogens (tertiary/aromatic N) is 4. The minimum atomic E-state index is -3.61. The lowest BCUT2D eigenvalue weighted by atomic mass is 10.2. The molecule has 164 valence electrons. The Kier molecular flexibility index (Phi) is 5.49. The topological polar surface area (TPSA) is 73.8 Å². The van der Waals surface area contributed by atoms with Gasteiger partial charge in [0.1, 0.15) is 10.3 Å². The fourth-order valence-corrected chi connectivity index (χ4v) is 8.17. The number of carbonyl (C=O) groups is 1. The molecule has 0 radical (unpaired) electrons. The molecule has 4 heterocycles. The first-order chi connectivity index (χ1) is 14.9. The van der Waals surface area contributed by atoms with Crippen LogP contribution in [0.3, 0.4) is 0 Å². The third-order valence-electron chi connectivity index (χ3n) is 5.94. The van der Waals surface area contributed by atoms with Gasteiger partial charge in [0, 0.05) is 32.7 Å². The average molecular weight is 477 g/mol. The van der Waals surface area contributed by atoms with Crippen molar-refractivity contribution in [2.75, 3.05) is 37.6 Å². The van der Waals surface area contributed by atoms with Crippen molar-refractivity contribution in [1.82, 2.24) is 14.2 Å². The molecule has 1 amide bonds. The number of sulfonamides is 1. The van der Waals surface area contributed by atoms with Crippen LogP contribution < -0.4 is 4.90 Å². The first-order valence-corrected chi connectivity index (χ1v) is 13.5. The van der Waals surface area contributed by atoms with Crippen LogP contribution in [0.4, 0.5) is 5.13 Å². The lowest BCUT2D eigenvalue weighted by molar-refractivity contribution is -0.134. The Morgan fingerprint density at radius 1 is 1.13 bits per heavy atom. The van der Waals surface area contributed by atoms with E-state index in [2.05, 4.69) is 24.0 Å². The van der Waals surface area contributed by atoms with Crippen LogP contribution in [0.1, 0.15) is 18.4 Å².